The van der Waals surface area contributed by atoms with Gasteiger partial charge in [-0.1, -0.05) is 30.0 Å². The summed E-state index contributed by atoms with van der Waals surface area (Å²) in [5, 5.41) is 15.4. The quantitative estimate of drug-likeness (QED) is 0.131. The van der Waals surface area contributed by atoms with Crippen LogP contribution < -0.4 is 16.5 Å². The molecular weight excluding hydrogens is 561 g/mol. The number of carbonyl (C=O) groups excluding carboxylic acids is 2. The van der Waals surface area contributed by atoms with Crippen LogP contribution in [0.2, 0.25) is 0 Å². The molecule has 0 aliphatic carbocycles. The first-order chi connectivity index (χ1) is 20.4. The zero-order chi connectivity index (χ0) is 31.3. The van der Waals surface area contributed by atoms with Gasteiger partial charge in [0.2, 0.25) is 5.91 Å². The van der Waals surface area contributed by atoms with Crippen molar-refractivity contribution < 1.29 is 22.8 Å². The van der Waals surface area contributed by atoms with Crippen LogP contribution in [-0.2, 0) is 17.5 Å². The van der Waals surface area contributed by atoms with E-state index < -0.39 is 17.6 Å². The molecule has 2 aromatic carbocycles. The van der Waals surface area contributed by atoms with Crippen molar-refractivity contribution in [1.29, 1.82) is 0 Å². The number of nitrogens with one attached hydrogen (secondary N) is 2. The summed E-state index contributed by atoms with van der Waals surface area (Å²) in [4.78, 5) is 26.6. The zero-order valence-electron chi connectivity index (χ0n) is 24.3. The van der Waals surface area contributed by atoms with Gasteiger partial charge in [0.15, 0.2) is 0 Å². The number of hydrogen-bond donors (Lipinski definition) is 3. The second-order valence-electron chi connectivity index (χ2n) is 10.3. The third-order valence-electron chi connectivity index (χ3n) is 7.33. The van der Waals surface area contributed by atoms with Gasteiger partial charge in [0.25, 0.3) is 5.91 Å². The molecule has 228 valence electrons. The zero-order valence-corrected chi connectivity index (χ0v) is 24.3. The van der Waals surface area contributed by atoms with Gasteiger partial charge in [0.1, 0.15) is 5.69 Å². The Morgan fingerprint density at radius 3 is 2.65 bits per heavy atom. The monoisotopic (exact) mass is 596 g/mol. The van der Waals surface area contributed by atoms with Crippen LogP contribution in [0.1, 0.15) is 52.5 Å². The van der Waals surface area contributed by atoms with E-state index in [1.165, 1.54) is 21.8 Å². The lowest BCUT2D eigenvalue weighted by Crippen LogP contribution is -2.33. The molecule has 1 aliphatic heterocycles. The summed E-state index contributed by atoms with van der Waals surface area (Å²) in [7, 11) is 1.69. The van der Waals surface area contributed by atoms with Crippen molar-refractivity contribution >= 4 is 23.1 Å². The van der Waals surface area contributed by atoms with Crippen LogP contribution in [0.5, 0.6) is 0 Å². The lowest BCUT2D eigenvalue weighted by molar-refractivity contribution is -0.138. The van der Waals surface area contributed by atoms with E-state index in [4.69, 9.17) is 5.84 Å². The van der Waals surface area contributed by atoms with E-state index in [1.807, 2.05) is 13.8 Å². The number of aromatic nitrogens is 3. The Morgan fingerprint density at radius 2 is 2.00 bits per heavy atom. The van der Waals surface area contributed by atoms with E-state index in [-0.39, 0.29) is 29.3 Å². The number of aryl methyl sites for hydroxylation is 1. The molecule has 13 heteroatoms. The third-order valence-corrected chi connectivity index (χ3v) is 7.33. The Balaban J connectivity index is 1.49. The number of benzene rings is 2. The van der Waals surface area contributed by atoms with E-state index in [9.17, 15) is 22.8 Å². The van der Waals surface area contributed by atoms with Crippen molar-refractivity contribution in [3.8, 4) is 5.69 Å². The molecule has 0 unspecified atom stereocenters. The molecule has 4 N–H and O–H groups in total. The van der Waals surface area contributed by atoms with Crippen LogP contribution in [0.3, 0.4) is 0 Å². The highest BCUT2D eigenvalue weighted by Crippen LogP contribution is 2.34. The van der Waals surface area contributed by atoms with E-state index in [2.05, 4.69) is 27.5 Å². The van der Waals surface area contributed by atoms with Gasteiger partial charge >= 0.3 is 6.18 Å². The highest BCUT2D eigenvalue weighted by Gasteiger charge is 2.33. The first kappa shape index (κ1) is 31.4. The van der Waals surface area contributed by atoms with Crippen molar-refractivity contribution in [2.24, 2.45) is 5.84 Å². The van der Waals surface area contributed by atoms with Gasteiger partial charge < -0.3 is 20.5 Å². The Morgan fingerprint density at radius 1 is 1.23 bits per heavy atom. The number of carbonyl (C=O) groups is 2. The number of alkyl halides is 3. The van der Waals surface area contributed by atoms with Gasteiger partial charge in [0, 0.05) is 62.2 Å². The van der Waals surface area contributed by atoms with Crippen molar-refractivity contribution in [3.05, 3.63) is 88.9 Å². The van der Waals surface area contributed by atoms with Crippen LogP contribution in [-0.4, -0.2) is 63.4 Å². The van der Waals surface area contributed by atoms with Crippen LogP contribution in [0.15, 0.2) is 60.9 Å². The molecule has 4 rings (SSSR count). The second-order valence-corrected chi connectivity index (χ2v) is 10.3. The van der Waals surface area contributed by atoms with E-state index in [1.54, 1.807) is 42.4 Å². The molecule has 0 saturated carbocycles. The van der Waals surface area contributed by atoms with Gasteiger partial charge in [-0.05, 0) is 55.7 Å². The molecule has 1 aliphatic rings. The lowest BCUT2D eigenvalue weighted by atomic mass is 10.1. The number of likely N-dealkylation sites (tertiary alicyclic amines) is 1. The molecule has 0 spiro atoms. The summed E-state index contributed by atoms with van der Waals surface area (Å²) in [6.07, 6.45) is -0.00868. The molecule has 3 aromatic rings. The number of halogens is 3. The summed E-state index contributed by atoms with van der Waals surface area (Å²) in [6, 6.07) is 8.61. The number of hydrazine groups is 1. The maximum atomic E-state index is 13.9. The normalized spacial score (nSPS) is 14.1. The molecule has 2 heterocycles. The minimum absolute atomic E-state index is 0.0102. The molecular formula is C30H35F3N8O2. The van der Waals surface area contributed by atoms with Crippen LogP contribution in [0, 0.1) is 6.92 Å². The third kappa shape index (κ3) is 7.48. The van der Waals surface area contributed by atoms with E-state index >= 15 is 0 Å². The summed E-state index contributed by atoms with van der Waals surface area (Å²) in [5.74, 6) is 5.34. The first-order valence-corrected chi connectivity index (χ1v) is 13.7. The number of nitrogens with two attached hydrogens (primary N) is 1. The first-order valence-electron chi connectivity index (χ1n) is 13.7. The smallest absolute Gasteiger partial charge is 0.341 e. The average molecular weight is 597 g/mol. The highest BCUT2D eigenvalue weighted by molar-refractivity contribution is 6.04. The summed E-state index contributed by atoms with van der Waals surface area (Å²) >= 11 is 0. The van der Waals surface area contributed by atoms with Gasteiger partial charge in [-0.2, -0.15) is 13.2 Å². The topological polar surface area (TPSA) is 121 Å². The van der Waals surface area contributed by atoms with Gasteiger partial charge in [-0.15, -0.1) is 5.10 Å². The fourth-order valence-corrected chi connectivity index (χ4v) is 4.78. The van der Waals surface area contributed by atoms with Gasteiger partial charge in [-0.3, -0.25) is 9.59 Å². The molecule has 1 fully saturated rings. The number of anilines is 1. The Kier molecular flexibility index (Phi) is 9.66. The van der Waals surface area contributed by atoms with E-state index in [0.29, 0.717) is 43.0 Å². The average Bonchev–Trinajstić information content (AvgIpc) is 3.60. The number of hydrogen-bond acceptors (Lipinski definition) is 7. The largest absolute Gasteiger partial charge is 0.416 e. The second kappa shape index (κ2) is 13.2. The molecule has 1 aromatic heterocycles. The van der Waals surface area contributed by atoms with Crippen molar-refractivity contribution in [1.82, 2.24) is 30.2 Å². The fourth-order valence-electron chi connectivity index (χ4n) is 4.78. The van der Waals surface area contributed by atoms with Gasteiger partial charge in [0.05, 0.1) is 17.4 Å². The Bertz CT molecular complexity index is 1540. The SMILES string of the molecule is C=C/C(=C(/C)N(C)N)c1cn(-c2cc(C(=O)Nc3ccc(CNCCN4CCCC4=O)c(C(F)(F)F)c3)ccc2C)nn1. The number of allylic oxidation sites excluding steroid dienone is 3. The Hall–Kier alpha value is -4.49. The van der Waals surface area contributed by atoms with Crippen molar-refractivity contribution in [3.63, 3.8) is 0 Å². The van der Waals surface area contributed by atoms with E-state index in [0.717, 1.165) is 23.7 Å². The maximum absolute atomic E-state index is 13.9. The highest BCUT2D eigenvalue weighted by atomic mass is 19.4. The van der Waals surface area contributed by atoms with Crippen LogP contribution in [0.25, 0.3) is 11.3 Å². The van der Waals surface area contributed by atoms with Crippen LogP contribution >= 0.6 is 0 Å². The summed E-state index contributed by atoms with van der Waals surface area (Å²) in [6.45, 7) is 8.94. The molecule has 0 atom stereocenters. The molecule has 1 saturated heterocycles. The predicted octanol–water partition coefficient (Wildman–Crippen LogP) is 4.28. The minimum atomic E-state index is -4.62. The summed E-state index contributed by atoms with van der Waals surface area (Å²) < 4.78 is 43.3. The van der Waals surface area contributed by atoms with Gasteiger partial charge in [-0.25, -0.2) is 10.5 Å². The molecule has 10 nitrogen and oxygen atoms in total. The summed E-state index contributed by atoms with van der Waals surface area (Å²) in [5.41, 5.74) is 2.74. The lowest BCUT2D eigenvalue weighted by Gasteiger charge is -2.18. The molecule has 2 amide bonds. The Labute approximate surface area is 248 Å². The maximum Gasteiger partial charge on any atom is 0.416 e. The predicted molar refractivity (Wildman–Crippen MR) is 158 cm³/mol. The standard InChI is InChI=1S/C30H35F3N8O2/c1-5-24(20(3)39(4)34)26-18-41(38-37-26)27-15-21(9-8-19(27)2)29(43)36-23-11-10-22(25(16-23)30(31,32)33)17-35-12-14-40-13-6-7-28(40)42/h5,8-11,15-16,18,35H,1,6-7,12-14,17,34H2,2-4H3,(H,36,43)/b24-20+. The number of nitrogens with zero attached hydrogens (tertiary/aromatic N) is 5. The molecule has 43 heavy (non-hydrogen) atoms. The molecule has 0 bridgehead atoms. The van der Waals surface area contributed by atoms with Crippen LogP contribution in [0.4, 0.5) is 18.9 Å². The molecule has 0 radical (unpaired) electrons. The van der Waals surface area contributed by atoms with Crippen molar-refractivity contribution in [2.75, 3.05) is 32.0 Å². The number of amides is 2. The fraction of sp³-hybridized carbons (Fsp3) is 0.333. The minimum Gasteiger partial charge on any atom is -0.341 e. The van der Waals surface area contributed by atoms with Crippen molar-refractivity contribution in [2.45, 2.75) is 39.4 Å². The number of rotatable bonds is 11.